The number of hydrogen-bond donors (Lipinski definition) is 1. The summed E-state index contributed by atoms with van der Waals surface area (Å²) < 4.78 is 53.4. The average Bonchev–Trinajstić information content (AvgIpc) is 3.06. The van der Waals surface area contributed by atoms with E-state index in [-0.39, 0.29) is 36.5 Å². The Hall–Kier alpha value is -4.18. The monoisotopic (exact) mass is 568 g/mol. The number of esters is 1. The number of anilines is 1. The first-order valence-corrected chi connectivity index (χ1v) is 13.2. The summed E-state index contributed by atoms with van der Waals surface area (Å²) >= 11 is 0. The Morgan fingerprint density at radius 1 is 1.02 bits per heavy atom. The summed E-state index contributed by atoms with van der Waals surface area (Å²) in [4.78, 5) is 40.1. The standard InChI is InChI=1S/C31H31F3N2O5/c1-19(28(38)22-8-5-4-6-9-22)35-16-17-36-27-11-7-10-26(31(32,33)34)25(27)18-24(29(30(36)39)41-20(2)37)21-12-14-23(40-3)15-13-21/h4-15,19,24,29,35H,16-18H2,1-3H3/t19?,24-,29+/m0/s1. The molecule has 1 aliphatic heterocycles. The highest BCUT2D eigenvalue weighted by Crippen LogP contribution is 2.43. The number of amides is 1. The third-order valence-electron chi connectivity index (χ3n) is 7.12. The number of carbonyl (C=O) groups excluding carboxylic acids is 3. The third-order valence-corrected chi connectivity index (χ3v) is 7.12. The number of fused-ring (bicyclic) bond motifs is 1. The molecule has 3 atom stereocenters. The number of ether oxygens (including phenoxy) is 2. The summed E-state index contributed by atoms with van der Waals surface area (Å²) in [6.45, 7) is 2.87. The summed E-state index contributed by atoms with van der Waals surface area (Å²) in [6, 6.07) is 18.3. The highest BCUT2D eigenvalue weighted by molar-refractivity contribution is 6.01. The number of ketones is 1. The molecule has 0 aliphatic carbocycles. The number of nitrogens with one attached hydrogen (secondary N) is 1. The zero-order chi connectivity index (χ0) is 29.7. The molecule has 1 amide bonds. The van der Waals surface area contributed by atoms with Crippen LogP contribution in [0.3, 0.4) is 0 Å². The van der Waals surface area contributed by atoms with Gasteiger partial charge < -0.3 is 19.7 Å². The molecule has 0 radical (unpaired) electrons. The van der Waals surface area contributed by atoms with Crippen molar-refractivity contribution in [1.29, 1.82) is 0 Å². The van der Waals surface area contributed by atoms with Gasteiger partial charge in [0.1, 0.15) is 5.75 Å². The molecular weight excluding hydrogens is 537 g/mol. The minimum atomic E-state index is -4.68. The summed E-state index contributed by atoms with van der Waals surface area (Å²) in [5.74, 6) is -1.91. The lowest BCUT2D eigenvalue weighted by atomic mass is 9.86. The molecule has 0 aromatic heterocycles. The van der Waals surface area contributed by atoms with Crippen molar-refractivity contribution in [3.05, 3.63) is 95.1 Å². The van der Waals surface area contributed by atoms with E-state index in [2.05, 4.69) is 5.32 Å². The fourth-order valence-electron chi connectivity index (χ4n) is 5.10. The van der Waals surface area contributed by atoms with E-state index in [0.717, 1.165) is 13.0 Å². The van der Waals surface area contributed by atoms with Gasteiger partial charge in [-0.25, -0.2) is 0 Å². The molecular formula is C31H31F3N2O5. The van der Waals surface area contributed by atoms with Crippen LogP contribution < -0.4 is 15.0 Å². The Kier molecular flexibility index (Phi) is 9.12. The maximum absolute atomic E-state index is 14.2. The highest BCUT2D eigenvalue weighted by Gasteiger charge is 2.44. The third kappa shape index (κ3) is 6.77. The lowest BCUT2D eigenvalue weighted by Gasteiger charge is -2.28. The fraction of sp³-hybridized carbons (Fsp3) is 0.323. The number of Topliss-reactive ketones (excluding diaryl/α,β-unsaturated/α-hetero) is 1. The first kappa shape index (κ1) is 29.8. The number of halogens is 3. The smallest absolute Gasteiger partial charge is 0.416 e. The zero-order valence-corrected chi connectivity index (χ0v) is 22.9. The van der Waals surface area contributed by atoms with Gasteiger partial charge in [0.15, 0.2) is 11.9 Å². The molecule has 3 aromatic rings. The Morgan fingerprint density at radius 2 is 1.71 bits per heavy atom. The van der Waals surface area contributed by atoms with Gasteiger partial charge in [-0.15, -0.1) is 0 Å². The van der Waals surface area contributed by atoms with E-state index in [1.807, 2.05) is 0 Å². The number of nitrogens with zero attached hydrogens (tertiary/aromatic N) is 1. The van der Waals surface area contributed by atoms with E-state index in [0.29, 0.717) is 16.9 Å². The second-order valence-corrected chi connectivity index (χ2v) is 9.81. The van der Waals surface area contributed by atoms with Gasteiger partial charge >= 0.3 is 12.1 Å². The maximum atomic E-state index is 14.2. The minimum absolute atomic E-state index is 0.0628. The van der Waals surface area contributed by atoms with Crippen LogP contribution in [0.5, 0.6) is 5.75 Å². The minimum Gasteiger partial charge on any atom is -0.497 e. The molecule has 3 aromatic carbocycles. The lowest BCUT2D eigenvalue weighted by Crippen LogP contribution is -2.47. The molecule has 41 heavy (non-hydrogen) atoms. The van der Waals surface area contributed by atoms with Crippen LogP contribution in [0.4, 0.5) is 18.9 Å². The van der Waals surface area contributed by atoms with Crippen molar-refractivity contribution < 1.29 is 37.0 Å². The number of carbonyl (C=O) groups is 3. The molecule has 0 spiro atoms. The van der Waals surface area contributed by atoms with E-state index in [4.69, 9.17) is 9.47 Å². The maximum Gasteiger partial charge on any atom is 0.416 e. The van der Waals surface area contributed by atoms with Crippen molar-refractivity contribution in [1.82, 2.24) is 5.32 Å². The molecule has 0 saturated carbocycles. The van der Waals surface area contributed by atoms with E-state index in [1.54, 1.807) is 61.5 Å². The van der Waals surface area contributed by atoms with E-state index < -0.39 is 41.7 Å². The normalized spacial score (nSPS) is 17.8. The van der Waals surface area contributed by atoms with Gasteiger partial charge in [-0.1, -0.05) is 48.5 Å². The predicted octanol–water partition coefficient (Wildman–Crippen LogP) is 5.18. The quantitative estimate of drug-likeness (QED) is 0.283. The van der Waals surface area contributed by atoms with Crippen molar-refractivity contribution in [2.75, 3.05) is 25.1 Å². The van der Waals surface area contributed by atoms with Crippen LogP contribution in [-0.2, 0) is 26.9 Å². The SMILES string of the molecule is COc1ccc([C@@H]2Cc3c(cccc3C(F)(F)F)N(CCNC(C)C(=O)c3ccccc3)C(=O)[C@@H]2OC(C)=O)cc1. The van der Waals surface area contributed by atoms with Gasteiger partial charge in [0.2, 0.25) is 0 Å². The van der Waals surface area contributed by atoms with Crippen LogP contribution in [0.15, 0.2) is 72.8 Å². The fourth-order valence-corrected chi connectivity index (χ4v) is 5.10. The largest absolute Gasteiger partial charge is 0.497 e. The molecule has 0 saturated heterocycles. The molecule has 7 nitrogen and oxygen atoms in total. The first-order valence-electron chi connectivity index (χ1n) is 13.2. The van der Waals surface area contributed by atoms with Gasteiger partial charge in [-0.05, 0) is 48.7 Å². The summed E-state index contributed by atoms with van der Waals surface area (Å²) in [7, 11) is 1.48. The topological polar surface area (TPSA) is 84.9 Å². The average molecular weight is 569 g/mol. The Bertz CT molecular complexity index is 1390. The van der Waals surface area contributed by atoms with Gasteiger partial charge in [-0.2, -0.15) is 13.2 Å². The van der Waals surface area contributed by atoms with Crippen LogP contribution >= 0.6 is 0 Å². The molecule has 1 N–H and O–H groups in total. The van der Waals surface area contributed by atoms with Crippen molar-refractivity contribution in [3.63, 3.8) is 0 Å². The van der Waals surface area contributed by atoms with Gasteiger partial charge in [0.05, 0.1) is 18.7 Å². The highest BCUT2D eigenvalue weighted by atomic mass is 19.4. The van der Waals surface area contributed by atoms with Crippen molar-refractivity contribution in [3.8, 4) is 5.75 Å². The Morgan fingerprint density at radius 3 is 2.32 bits per heavy atom. The molecule has 1 aliphatic rings. The summed E-state index contributed by atoms with van der Waals surface area (Å²) in [5, 5.41) is 3.07. The van der Waals surface area contributed by atoms with E-state index in [9.17, 15) is 27.6 Å². The van der Waals surface area contributed by atoms with Crippen LogP contribution in [0.25, 0.3) is 0 Å². The molecule has 0 fully saturated rings. The zero-order valence-electron chi connectivity index (χ0n) is 22.9. The van der Waals surface area contributed by atoms with Gasteiger partial charge in [0.25, 0.3) is 5.91 Å². The number of hydrogen-bond acceptors (Lipinski definition) is 6. The van der Waals surface area contributed by atoms with Crippen molar-refractivity contribution in [2.45, 2.75) is 44.5 Å². The predicted molar refractivity (Wildman–Crippen MR) is 147 cm³/mol. The van der Waals surface area contributed by atoms with Crippen LogP contribution in [0.1, 0.15) is 46.8 Å². The molecule has 10 heteroatoms. The lowest BCUT2D eigenvalue weighted by molar-refractivity contribution is -0.154. The van der Waals surface area contributed by atoms with Crippen LogP contribution in [-0.4, -0.2) is 50.0 Å². The number of alkyl halides is 3. The second kappa shape index (κ2) is 12.6. The number of methoxy groups -OCH3 is 1. The van der Waals surface area contributed by atoms with Gasteiger partial charge in [-0.3, -0.25) is 14.4 Å². The Labute approximate surface area is 236 Å². The molecule has 216 valence electrons. The number of rotatable bonds is 9. The first-order chi connectivity index (χ1) is 19.5. The molecule has 4 rings (SSSR count). The van der Waals surface area contributed by atoms with Crippen LogP contribution in [0, 0.1) is 0 Å². The molecule has 1 heterocycles. The summed E-state index contributed by atoms with van der Waals surface area (Å²) in [6.07, 6.45) is -6.26. The molecule has 0 bridgehead atoms. The van der Waals surface area contributed by atoms with E-state index >= 15 is 0 Å². The molecule has 1 unspecified atom stereocenters. The number of benzene rings is 3. The van der Waals surface area contributed by atoms with Crippen molar-refractivity contribution in [2.24, 2.45) is 0 Å². The second-order valence-electron chi connectivity index (χ2n) is 9.81. The van der Waals surface area contributed by atoms with Gasteiger partial charge in [0, 0.05) is 37.2 Å². The van der Waals surface area contributed by atoms with Crippen LogP contribution in [0.2, 0.25) is 0 Å². The van der Waals surface area contributed by atoms with E-state index in [1.165, 1.54) is 24.1 Å². The van der Waals surface area contributed by atoms with Crippen molar-refractivity contribution >= 4 is 23.3 Å². The Balaban J connectivity index is 1.71. The summed E-state index contributed by atoms with van der Waals surface area (Å²) in [5.41, 5.74) is 0.181.